The zero-order valence-corrected chi connectivity index (χ0v) is 10.5. The summed E-state index contributed by atoms with van der Waals surface area (Å²) in [6.45, 7) is 4.44. The second kappa shape index (κ2) is 5.35. The van der Waals surface area contributed by atoms with Crippen LogP contribution in [-0.4, -0.2) is 22.5 Å². The number of rotatable bonds is 4. The van der Waals surface area contributed by atoms with Crippen molar-refractivity contribution >= 4 is 12.2 Å². The van der Waals surface area contributed by atoms with E-state index in [0.717, 1.165) is 17.0 Å². The molecule has 18 heavy (non-hydrogen) atoms. The molecule has 0 bridgehead atoms. The molecule has 5 nitrogen and oxygen atoms in total. The van der Waals surface area contributed by atoms with Crippen LogP contribution in [0, 0.1) is 6.92 Å². The topological polar surface area (TPSA) is 65.4 Å². The normalized spacial score (nSPS) is 11.0. The van der Waals surface area contributed by atoms with Crippen LogP contribution in [0.1, 0.15) is 18.2 Å². The molecule has 0 amide bonds. The van der Waals surface area contributed by atoms with E-state index in [2.05, 4.69) is 10.1 Å². The molecule has 2 aromatic rings. The highest BCUT2D eigenvalue weighted by molar-refractivity contribution is 5.83. The van der Waals surface area contributed by atoms with Crippen LogP contribution in [0.25, 0.3) is 0 Å². The third-order valence-corrected chi connectivity index (χ3v) is 2.37. The molecule has 0 unspecified atom stereocenters. The quantitative estimate of drug-likeness (QED) is 0.837. The predicted octanol–water partition coefficient (Wildman–Crippen LogP) is 2.05. The smallest absolute Gasteiger partial charge is 0.221 e. The third-order valence-electron chi connectivity index (χ3n) is 2.37. The van der Waals surface area contributed by atoms with Crippen molar-refractivity contribution < 1.29 is 4.74 Å². The van der Waals surface area contributed by atoms with E-state index in [0.29, 0.717) is 12.6 Å². The van der Waals surface area contributed by atoms with E-state index in [-0.39, 0.29) is 0 Å². The number of nitrogens with zero attached hydrogens (tertiary/aromatic N) is 3. The van der Waals surface area contributed by atoms with Gasteiger partial charge in [0.2, 0.25) is 5.95 Å². The Hall–Kier alpha value is -2.30. The van der Waals surface area contributed by atoms with E-state index < -0.39 is 0 Å². The fourth-order valence-corrected chi connectivity index (χ4v) is 1.59. The van der Waals surface area contributed by atoms with Crippen molar-refractivity contribution in [2.75, 3.05) is 12.3 Å². The molecular weight excluding hydrogens is 228 g/mol. The lowest BCUT2D eigenvalue weighted by molar-refractivity contribution is 0.340. The van der Waals surface area contributed by atoms with Crippen LogP contribution in [-0.2, 0) is 0 Å². The number of anilines is 1. The minimum Gasteiger partial charge on any atom is -0.493 e. The summed E-state index contributed by atoms with van der Waals surface area (Å²) >= 11 is 0. The number of nitrogens with two attached hydrogens (primary N) is 1. The third kappa shape index (κ3) is 2.68. The van der Waals surface area contributed by atoms with Gasteiger partial charge in [0.1, 0.15) is 5.75 Å². The maximum absolute atomic E-state index is 5.71. The predicted molar refractivity (Wildman–Crippen MR) is 72.0 cm³/mol. The first-order valence-corrected chi connectivity index (χ1v) is 5.78. The molecule has 0 spiro atoms. The van der Waals surface area contributed by atoms with Gasteiger partial charge in [-0.25, -0.2) is 9.66 Å². The Morgan fingerprint density at radius 3 is 2.89 bits per heavy atom. The first-order valence-electron chi connectivity index (χ1n) is 5.78. The van der Waals surface area contributed by atoms with E-state index in [1.165, 1.54) is 4.68 Å². The van der Waals surface area contributed by atoms with Gasteiger partial charge in [-0.05, 0) is 26.0 Å². The van der Waals surface area contributed by atoms with Gasteiger partial charge in [-0.2, -0.15) is 5.10 Å². The minimum atomic E-state index is 0.373. The Bertz CT molecular complexity index is 560. The summed E-state index contributed by atoms with van der Waals surface area (Å²) in [5.41, 5.74) is 7.45. The molecule has 5 heteroatoms. The van der Waals surface area contributed by atoms with Crippen molar-refractivity contribution in [3.63, 3.8) is 0 Å². The average molecular weight is 244 g/mol. The number of ether oxygens (including phenoxy) is 1. The number of imidazole rings is 1. The molecule has 0 aliphatic rings. The lowest BCUT2D eigenvalue weighted by Gasteiger charge is -2.05. The summed E-state index contributed by atoms with van der Waals surface area (Å²) in [7, 11) is 0. The van der Waals surface area contributed by atoms with E-state index in [1.54, 1.807) is 12.4 Å². The summed E-state index contributed by atoms with van der Waals surface area (Å²) < 4.78 is 7.05. The van der Waals surface area contributed by atoms with Gasteiger partial charge in [0, 0.05) is 5.56 Å². The molecule has 2 rings (SSSR count). The van der Waals surface area contributed by atoms with Crippen molar-refractivity contribution in [2.45, 2.75) is 13.8 Å². The van der Waals surface area contributed by atoms with Gasteiger partial charge in [0.15, 0.2) is 0 Å². The van der Waals surface area contributed by atoms with E-state index >= 15 is 0 Å². The molecule has 2 N–H and O–H groups in total. The molecule has 0 fully saturated rings. The Morgan fingerprint density at radius 2 is 2.22 bits per heavy atom. The molecule has 94 valence electrons. The summed E-state index contributed by atoms with van der Waals surface area (Å²) in [5.74, 6) is 1.18. The SMILES string of the molecule is CCOc1ccccc1C=Nn1cc(C)nc1N. The minimum absolute atomic E-state index is 0.373. The molecule has 0 aliphatic heterocycles. The second-order valence-electron chi connectivity index (χ2n) is 3.80. The van der Waals surface area contributed by atoms with Gasteiger partial charge in [-0.3, -0.25) is 0 Å². The molecule has 1 heterocycles. The number of hydrogen-bond donors (Lipinski definition) is 1. The number of aryl methyl sites for hydroxylation is 1. The highest BCUT2D eigenvalue weighted by atomic mass is 16.5. The standard InChI is InChI=1S/C13H16N4O/c1-3-18-12-7-5-4-6-11(12)8-15-17-9-10(2)16-13(17)14/h4-9H,3H2,1-2H3,(H2,14,16). The maximum atomic E-state index is 5.71. The molecule has 1 aromatic carbocycles. The molecule has 0 saturated carbocycles. The summed E-state index contributed by atoms with van der Waals surface area (Å²) in [6, 6.07) is 7.71. The van der Waals surface area contributed by atoms with Crippen LogP contribution in [0.2, 0.25) is 0 Å². The molecule has 0 aliphatic carbocycles. The number of para-hydroxylation sites is 1. The monoisotopic (exact) mass is 244 g/mol. The van der Waals surface area contributed by atoms with Crippen LogP contribution in [0.15, 0.2) is 35.6 Å². The Kier molecular flexibility index (Phi) is 3.62. The number of hydrogen-bond acceptors (Lipinski definition) is 4. The Balaban J connectivity index is 2.25. The van der Waals surface area contributed by atoms with Gasteiger partial charge < -0.3 is 10.5 Å². The van der Waals surface area contributed by atoms with Gasteiger partial charge in [-0.15, -0.1) is 0 Å². The number of nitrogen functional groups attached to an aromatic ring is 1. The van der Waals surface area contributed by atoms with Gasteiger partial charge in [-0.1, -0.05) is 12.1 Å². The van der Waals surface area contributed by atoms with Crippen LogP contribution in [0.4, 0.5) is 5.95 Å². The van der Waals surface area contributed by atoms with E-state index in [1.807, 2.05) is 38.1 Å². The largest absolute Gasteiger partial charge is 0.493 e. The molecule has 0 saturated heterocycles. The summed E-state index contributed by atoms with van der Waals surface area (Å²) in [6.07, 6.45) is 3.48. The van der Waals surface area contributed by atoms with Gasteiger partial charge in [0.05, 0.1) is 24.7 Å². The fourth-order valence-electron chi connectivity index (χ4n) is 1.59. The first-order chi connectivity index (χ1) is 8.70. The highest BCUT2D eigenvalue weighted by Crippen LogP contribution is 2.16. The van der Waals surface area contributed by atoms with Crippen LogP contribution in [0.3, 0.4) is 0 Å². The van der Waals surface area contributed by atoms with E-state index in [4.69, 9.17) is 10.5 Å². The van der Waals surface area contributed by atoms with Crippen molar-refractivity contribution in [1.82, 2.24) is 9.66 Å². The van der Waals surface area contributed by atoms with Gasteiger partial charge >= 0.3 is 0 Å². The highest BCUT2D eigenvalue weighted by Gasteiger charge is 2.01. The van der Waals surface area contributed by atoms with Crippen LogP contribution < -0.4 is 10.5 Å². The zero-order chi connectivity index (χ0) is 13.0. The van der Waals surface area contributed by atoms with E-state index in [9.17, 15) is 0 Å². The maximum Gasteiger partial charge on any atom is 0.221 e. The first kappa shape index (κ1) is 12.2. The zero-order valence-electron chi connectivity index (χ0n) is 10.5. The summed E-state index contributed by atoms with van der Waals surface area (Å²) in [4.78, 5) is 4.08. The fraction of sp³-hybridized carbons (Fsp3) is 0.231. The van der Waals surface area contributed by atoms with Crippen molar-refractivity contribution in [3.8, 4) is 5.75 Å². The molecular formula is C13H16N4O. The lowest BCUT2D eigenvalue weighted by Crippen LogP contribution is -1.99. The summed E-state index contributed by atoms with van der Waals surface area (Å²) in [5, 5.41) is 4.26. The van der Waals surface area contributed by atoms with Crippen molar-refractivity contribution in [2.24, 2.45) is 5.10 Å². The molecule has 0 radical (unpaired) electrons. The molecule has 0 atom stereocenters. The number of aromatic nitrogens is 2. The Labute approximate surface area is 106 Å². The number of benzene rings is 1. The Morgan fingerprint density at radius 1 is 1.44 bits per heavy atom. The van der Waals surface area contributed by atoms with Crippen LogP contribution >= 0.6 is 0 Å². The average Bonchev–Trinajstić information content (AvgIpc) is 2.67. The van der Waals surface area contributed by atoms with Crippen molar-refractivity contribution in [1.29, 1.82) is 0 Å². The molecule has 1 aromatic heterocycles. The van der Waals surface area contributed by atoms with Crippen LogP contribution in [0.5, 0.6) is 5.75 Å². The van der Waals surface area contributed by atoms with Crippen molar-refractivity contribution in [3.05, 3.63) is 41.7 Å². The lowest BCUT2D eigenvalue weighted by atomic mass is 10.2. The van der Waals surface area contributed by atoms with Gasteiger partial charge in [0.25, 0.3) is 0 Å². The second-order valence-corrected chi connectivity index (χ2v) is 3.80.